The van der Waals surface area contributed by atoms with Crippen LogP contribution in [0.5, 0.6) is 0 Å². The third-order valence-electron chi connectivity index (χ3n) is 4.81. The van der Waals surface area contributed by atoms with Gasteiger partial charge in [-0.25, -0.2) is 9.78 Å². The summed E-state index contributed by atoms with van der Waals surface area (Å²) >= 11 is 1.70. The van der Waals surface area contributed by atoms with E-state index >= 15 is 0 Å². The van der Waals surface area contributed by atoms with E-state index in [2.05, 4.69) is 19.2 Å². The molecule has 0 bridgehead atoms. The van der Waals surface area contributed by atoms with Gasteiger partial charge in [0, 0.05) is 24.4 Å². The van der Waals surface area contributed by atoms with Crippen LogP contribution in [0.1, 0.15) is 65.1 Å². The van der Waals surface area contributed by atoms with Crippen molar-refractivity contribution in [3.63, 3.8) is 0 Å². The molecular formula is C20H24N2O3S. The van der Waals surface area contributed by atoms with Crippen molar-refractivity contribution in [1.82, 2.24) is 9.88 Å². The van der Waals surface area contributed by atoms with Crippen molar-refractivity contribution in [3.05, 3.63) is 51.5 Å². The first-order chi connectivity index (χ1) is 12.4. The van der Waals surface area contributed by atoms with Crippen LogP contribution in [0.4, 0.5) is 0 Å². The predicted octanol–water partition coefficient (Wildman–Crippen LogP) is 3.91. The molecule has 1 saturated heterocycles. The molecule has 1 aromatic carbocycles. The highest BCUT2D eigenvalue weighted by atomic mass is 32.1. The average Bonchev–Trinajstić information content (AvgIpc) is 3.13. The standard InChI is InChI=1S/C20H24N2O3S/c1-13(2)17-12-26-19(21-17)16-4-3-9-22(11-16)18(23)10-14-5-7-15(8-6-14)20(24)25/h5-8,12-13,16H,3-4,9-11H2,1-2H3,(H,24,25). The first-order valence-corrected chi connectivity index (χ1v) is 9.87. The first-order valence-electron chi connectivity index (χ1n) is 8.99. The fraction of sp³-hybridized carbons (Fsp3) is 0.450. The predicted molar refractivity (Wildman–Crippen MR) is 102 cm³/mol. The van der Waals surface area contributed by atoms with Crippen LogP contribution in [-0.4, -0.2) is 40.0 Å². The van der Waals surface area contributed by atoms with E-state index in [-0.39, 0.29) is 11.5 Å². The molecule has 1 N–H and O–H groups in total. The Morgan fingerprint density at radius 1 is 1.31 bits per heavy atom. The molecule has 1 atom stereocenters. The molecule has 6 heteroatoms. The number of hydrogen-bond donors (Lipinski definition) is 1. The molecule has 1 unspecified atom stereocenters. The quantitative estimate of drug-likeness (QED) is 0.864. The van der Waals surface area contributed by atoms with Gasteiger partial charge in [-0.3, -0.25) is 4.79 Å². The number of nitrogens with zero attached hydrogens (tertiary/aromatic N) is 2. The van der Waals surface area contributed by atoms with Crippen LogP contribution in [0, 0.1) is 0 Å². The lowest BCUT2D eigenvalue weighted by Crippen LogP contribution is -2.39. The fourth-order valence-corrected chi connectivity index (χ4v) is 4.32. The van der Waals surface area contributed by atoms with Crippen LogP contribution in [0.3, 0.4) is 0 Å². The highest BCUT2D eigenvalue weighted by Gasteiger charge is 2.27. The Bertz CT molecular complexity index is 783. The lowest BCUT2D eigenvalue weighted by Gasteiger charge is -2.32. The minimum Gasteiger partial charge on any atom is -0.478 e. The molecule has 2 aromatic rings. The molecule has 2 heterocycles. The van der Waals surface area contributed by atoms with Crippen molar-refractivity contribution in [2.24, 2.45) is 0 Å². The molecule has 0 aliphatic carbocycles. The number of amides is 1. The molecule has 5 nitrogen and oxygen atoms in total. The summed E-state index contributed by atoms with van der Waals surface area (Å²) in [5.41, 5.74) is 2.22. The summed E-state index contributed by atoms with van der Waals surface area (Å²) in [4.78, 5) is 30.3. The van der Waals surface area contributed by atoms with Gasteiger partial charge in [-0.15, -0.1) is 11.3 Å². The number of carboxylic acid groups (broad SMARTS) is 1. The molecule has 0 spiro atoms. The smallest absolute Gasteiger partial charge is 0.335 e. The summed E-state index contributed by atoms with van der Waals surface area (Å²) < 4.78 is 0. The Labute approximate surface area is 157 Å². The van der Waals surface area contributed by atoms with Crippen LogP contribution in [0.2, 0.25) is 0 Å². The van der Waals surface area contributed by atoms with Gasteiger partial charge in [-0.05, 0) is 36.5 Å². The zero-order valence-corrected chi connectivity index (χ0v) is 16.0. The van der Waals surface area contributed by atoms with E-state index in [0.717, 1.165) is 42.2 Å². The third-order valence-corrected chi connectivity index (χ3v) is 5.84. The van der Waals surface area contributed by atoms with E-state index in [0.29, 0.717) is 18.3 Å². The van der Waals surface area contributed by atoms with Gasteiger partial charge in [-0.1, -0.05) is 26.0 Å². The summed E-state index contributed by atoms with van der Waals surface area (Å²) in [7, 11) is 0. The van der Waals surface area contributed by atoms with E-state index in [4.69, 9.17) is 10.1 Å². The summed E-state index contributed by atoms with van der Waals surface area (Å²) in [5, 5.41) is 12.2. The molecule has 26 heavy (non-hydrogen) atoms. The summed E-state index contributed by atoms with van der Waals surface area (Å²) in [6.07, 6.45) is 2.37. The molecule has 1 aliphatic rings. The molecular weight excluding hydrogens is 348 g/mol. The minimum atomic E-state index is -0.953. The second-order valence-electron chi connectivity index (χ2n) is 7.12. The van der Waals surface area contributed by atoms with Crippen molar-refractivity contribution >= 4 is 23.2 Å². The lowest BCUT2D eigenvalue weighted by molar-refractivity contribution is -0.131. The van der Waals surface area contributed by atoms with Gasteiger partial charge in [0.25, 0.3) is 0 Å². The van der Waals surface area contributed by atoms with Crippen molar-refractivity contribution < 1.29 is 14.7 Å². The Kier molecular flexibility index (Phi) is 5.71. The Morgan fingerprint density at radius 3 is 2.65 bits per heavy atom. The third kappa shape index (κ3) is 4.30. The Hall–Kier alpha value is -2.21. The van der Waals surface area contributed by atoms with E-state index < -0.39 is 5.97 Å². The number of carboxylic acids is 1. The molecule has 1 aliphatic heterocycles. The zero-order valence-electron chi connectivity index (χ0n) is 15.1. The maximum Gasteiger partial charge on any atom is 0.335 e. The Balaban J connectivity index is 1.62. The number of thiazole rings is 1. The second kappa shape index (κ2) is 7.99. The number of carbonyl (C=O) groups is 2. The van der Waals surface area contributed by atoms with Gasteiger partial charge in [0.05, 0.1) is 22.7 Å². The normalized spacial score (nSPS) is 17.5. The SMILES string of the molecule is CC(C)c1csc(C2CCCN(C(=O)Cc3ccc(C(=O)O)cc3)C2)n1. The fourth-order valence-electron chi connectivity index (χ4n) is 3.21. The first kappa shape index (κ1) is 18.6. The number of likely N-dealkylation sites (tertiary alicyclic amines) is 1. The van der Waals surface area contributed by atoms with Gasteiger partial charge < -0.3 is 10.0 Å². The van der Waals surface area contributed by atoms with Crippen LogP contribution >= 0.6 is 11.3 Å². The number of piperidine rings is 1. The number of hydrogen-bond acceptors (Lipinski definition) is 4. The number of carbonyl (C=O) groups excluding carboxylic acids is 1. The minimum absolute atomic E-state index is 0.0958. The zero-order chi connectivity index (χ0) is 18.7. The van der Waals surface area contributed by atoms with Gasteiger partial charge in [-0.2, -0.15) is 0 Å². The van der Waals surface area contributed by atoms with Gasteiger partial charge >= 0.3 is 5.97 Å². The molecule has 0 saturated carbocycles. The topological polar surface area (TPSA) is 70.5 Å². The van der Waals surface area contributed by atoms with Crippen molar-refractivity contribution in [2.75, 3.05) is 13.1 Å². The molecule has 1 aromatic heterocycles. The van der Waals surface area contributed by atoms with E-state index in [9.17, 15) is 9.59 Å². The maximum atomic E-state index is 12.7. The van der Waals surface area contributed by atoms with E-state index in [1.54, 1.807) is 35.6 Å². The summed E-state index contributed by atoms with van der Waals surface area (Å²) in [6, 6.07) is 6.54. The largest absolute Gasteiger partial charge is 0.478 e. The van der Waals surface area contributed by atoms with Crippen molar-refractivity contribution in [3.8, 4) is 0 Å². The monoisotopic (exact) mass is 372 g/mol. The highest BCUT2D eigenvalue weighted by Crippen LogP contribution is 2.31. The number of benzene rings is 1. The van der Waals surface area contributed by atoms with Crippen LogP contribution in [-0.2, 0) is 11.2 Å². The van der Waals surface area contributed by atoms with Crippen LogP contribution in [0.15, 0.2) is 29.6 Å². The van der Waals surface area contributed by atoms with Crippen LogP contribution in [0.25, 0.3) is 0 Å². The van der Waals surface area contributed by atoms with Gasteiger partial charge in [0.1, 0.15) is 0 Å². The molecule has 0 radical (unpaired) electrons. The second-order valence-corrected chi connectivity index (χ2v) is 8.01. The molecule has 3 rings (SSSR count). The molecule has 138 valence electrons. The van der Waals surface area contributed by atoms with Crippen molar-refractivity contribution in [2.45, 2.75) is 44.9 Å². The van der Waals surface area contributed by atoms with Crippen LogP contribution < -0.4 is 0 Å². The number of rotatable bonds is 5. The Morgan fingerprint density at radius 2 is 2.04 bits per heavy atom. The lowest BCUT2D eigenvalue weighted by atomic mass is 9.97. The number of aromatic nitrogens is 1. The summed E-state index contributed by atoms with van der Waals surface area (Å²) in [5.74, 6) is -0.112. The highest BCUT2D eigenvalue weighted by molar-refractivity contribution is 7.09. The average molecular weight is 372 g/mol. The molecule has 1 amide bonds. The summed E-state index contributed by atoms with van der Waals surface area (Å²) in [6.45, 7) is 5.79. The van der Waals surface area contributed by atoms with E-state index in [1.165, 1.54) is 0 Å². The van der Waals surface area contributed by atoms with Gasteiger partial charge in [0.15, 0.2) is 0 Å². The molecule has 1 fully saturated rings. The van der Waals surface area contributed by atoms with E-state index in [1.807, 2.05) is 4.90 Å². The number of aromatic carboxylic acids is 1. The van der Waals surface area contributed by atoms with Gasteiger partial charge in [0.2, 0.25) is 5.91 Å². The maximum absolute atomic E-state index is 12.7. The van der Waals surface area contributed by atoms with Crippen molar-refractivity contribution in [1.29, 1.82) is 0 Å².